The number of aromatic nitrogens is 2. The predicted molar refractivity (Wildman–Crippen MR) is 68.8 cm³/mol. The Labute approximate surface area is 97.3 Å². The average molecular weight is 216 g/mol. The number of hydrogen-bond donors (Lipinski definition) is 0. The molecule has 0 bridgehead atoms. The highest BCUT2D eigenvalue weighted by atomic mass is 15.0. The third-order valence-corrected chi connectivity index (χ3v) is 3.05. The lowest BCUT2D eigenvalue weighted by Gasteiger charge is -2.07. The first-order valence-corrected chi connectivity index (χ1v) is 6.21. The Morgan fingerprint density at radius 2 is 2.06 bits per heavy atom. The van der Waals surface area contributed by atoms with E-state index in [4.69, 9.17) is 0 Å². The normalized spacial score (nSPS) is 11.2. The topological polar surface area (TPSA) is 17.8 Å². The van der Waals surface area contributed by atoms with Crippen LogP contribution in [0.2, 0.25) is 0 Å². The minimum atomic E-state index is 1.08. The van der Waals surface area contributed by atoms with Gasteiger partial charge in [0, 0.05) is 23.8 Å². The molecule has 2 rings (SSSR count). The molecule has 2 aromatic rings. The highest BCUT2D eigenvalue weighted by Gasteiger charge is 2.09. The Hall–Kier alpha value is -1.31. The van der Waals surface area contributed by atoms with Crippen LogP contribution in [0.25, 0.3) is 11.0 Å². The summed E-state index contributed by atoms with van der Waals surface area (Å²) in [4.78, 5) is 4.53. The Kier molecular flexibility index (Phi) is 3.28. The van der Waals surface area contributed by atoms with Gasteiger partial charge in [0.2, 0.25) is 0 Å². The van der Waals surface area contributed by atoms with Gasteiger partial charge in [-0.1, -0.05) is 20.3 Å². The molecular weight excluding hydrogens is 196 g/mol. The zero-order valence-electron chi connectivity index (χ0n) is 10.5. The molecule has 2 heteroatoms. The third-order valence-electron chi connectivity index (χ3n) is 3.05. The van der Waals surface area contributed by atoms with Crippen LogP contribution in [-0.4, -0.2) is 9.55 Å². The maximum absolute atomic E-state index is 4.53. The van der Waals surface area contributed by atoms with Crippen molar-refractivity contribution in [3.05, 3.63) is 29.6 Å². The summed E-state index contributed by atoms with van der Waals surface area (Å²) < 4.78 is 2.38. The minimum Gasteiger partial charge on any atom is -0.330 e. The zero-order valence-corrected chi connectivity index (χ0v) is 10.5. The van der Waals surface area contributed by atoms with Crippen molar-refractivity contribution >= 4 is 11.0 Å². The molecule has 0 amide bonds. The van der Waals surface area contributed by atoms with Crippen LogP contribution < -0.4 is 0 Å². The van der Waals surface area contributed by atoms with Crippen molar-refractivity contribution < 1.29 is 0 Å². The summed E-state index contributed by atoms with van der Waals surface area (Å²) in [7, 11) is 0. The summed E-state index contributed by atoms with van der Waals surface area (Å²) in [5, 5.41) is 1.32. The van der Waals surface area contributed by atoms with Gasteiger partial charge in [0.15, 0.2) is 0 Å². The van der Waals surface area contributed by atoms with Crippen molar-refractivity contribution in [1.29, 1.82) is 0 Å². The second-order valence-electron chi connectivity index (χ2n) is 4.40. The van der Waals surface area contributed by atoms with Gasteiger partial charge in [0.25, 0.3) is 0 Å². The fourth-order valence-corrected chi connectivity index (χ4v) is 2.27. The van der Waals surface area contributed by atoms with E-state index in [1.807, 2.05) is 6.20 Å². The molecule has 0 aliphatic heterocycles. The zero-order chi connectivity index (χ0) is 11.5. The largest absolute Gasteiger partial charge is 0.330 e. The van der Waals surface area contributed by atoms with E-state index in [0.717, 1.165) is 25.0 Å². The molecule has 0 aliphatic rings. The van der Waals surface area contributed by atoms with Gasteiger partial charge in [-0.2, -0.15) is 0 Å². The van der Waals surface area contributed by atoms with Crippen LogP contribution in [0.4, 0.5) is 0 Å². The standard InChI is InChI=1S/C14H20N2/c1-4-6-12-10-13-11(3)7-8-15-14(13)16(12)9-5-2/h7-8,10H,4-6,9H2,1-3H3. The van der Waals surface area contributed by atoms with Gasteiger partial charge < -0.3 is 4.57 Å². The van der Waals surface area contributed by atoms with Gasteiger partial charge in [-0.15, -0.1) is 0 Å². The fourth-order valence-electron chi connectivity index (χ4n) is 2.27. The van der Waals surface area contributed by atoms with Crippen molar-refractivity contribution in [3.8, 4) is 0 Å². The van der Waals surface area contributed by atoms with Crippen molar-refractivity contribution in [2.45, 2.75) is 46.6 Å². The quantitative estimate of drug-likeness (QED) is 0.762. The second kappa shape index (κ2) is 4.69. The monoisotopic (exact) mass is 216 g/mol. The first-order valence-electron chi connectivity index (χ1n) is 6.21. The molecule has 0 atom stereocenters. The molecule has 2 nitrogen and oxygen atoms in total. The van der Waals surface area contributed by atoms with Crippen LogP contribution in [0.1, 0.15) is 37.9 Å². The Balaban J connectivity index is 2.60. The SMILES string of the molecule is CCCc1cc2c(C)ccnc2n1CCC. The number of nitrogens with zero attached hydrogens (tertiary/aromatic N) is 2. The molecule has 0 unspecified atom stereocenters. The van der Waals surface area contributed by atoms with Gasteiger partial charge in [-0.05, 0) is 37.5 Å². The Morgan fingerprint density at radius 1 is 1.25 bits per heavy atom. The molecule has 0 aromatic carbocycles. The molecule has 86 valence electrons. The molecule has 0 N–H and O–H groups in total. The molecular formula is C14H20N2. The lowest BCUT2D eigenvalue weighted by Crippen LogP contribution is -2.02. The Bertz CT molecular complexity index is 483. The number of hydrogen-bond acceptors (Lipinski definition) is 1. The van der Waals surface area contributed by atoms with Crippen LogP contribution in [-0.2, 0) is 13.0 Å². The molecule has 0 fully saturated rings. The summed E-state index contributed by atoms with van der Waals surface area (Å²) >= 11 is 0. The average Bonchev–Trinajstić information content (AvgIpc) is 2.61. The summed E-state index contributed by atoms with van der Waals surface area (Å²) in [5.41, 5.74) is 3.92. The number of aryl methyl sites for hydroxylation is 3. The van der Waals surface area contributed by atoms with Gasteiger partial charge in [0.05, 0.1) is 0 Å². The molecule has 0 saturated heterocycles. The maximum atomic E-state index is 4.53. The smallest absolute Gasteiger partial charge is 0.140 e. The number of fused-ring (bicyclic) bond motifs is 1. The molecule has 2 heterocycles. The van der Waals surface area contributed by atoms with Crippen molar-refractivity contribution in [2.75, 3.05) is 0 Å². The lowest BCUT2D eigenvalue weighted by molar-refractivity contribution is 0.655. The highest BCUT2D eigenvalue weighted by molar-refractivity contribution is 5.81. The van der Waals surface area contributed by atoms with Gasteiger partial charge in [-0.3, -0.25) is 0 Å². The minimum absolute atomic E-state index is 1.08. The van der Waals surface area contributed by atoms with E-state index < -0.39 is 0 Å². The second-order valence-corrected chi connectivity index (χ2v) is 4.40. The van der Waals surface area contributed by atoms with Crippen molar-refractivity contribution in [3.63, 3.8) is 0 Å². The molecule has 0 spiro atoms. The summed E-state index contributed by atoms with van der Waals surface area (Å²) in [6, 6.07) is 4.41. The molecule has 0 radical (unpaired) electrons. The Morgan fingerprint density at radius 3 is 2.75 bits per heavy atom. The van der Waals surface area contributed by atoms with Crippen LogP contribution in [0, 0.1) is 6.92 Å². The van der Waals surface area contributed by atoms with Gasteiger partial charge in [-0.25, -0.2) is 4.98 Å². The van der Waals surface area contributed by atoms with Crippen LogP contribution in [0.3, 0.4) is 0 Å². The lowest BCUT2D eigenvalue weighted by atomic mass is 10.2. The fraction of sp³-hybridized carbons (Fsp3) is 0.500. The van der Waals surface area contributed by atoms with Crippen LogP contribution in [0.5, 0.6) is 0 Å². The van der Waals surface area contributed by atoms with Crippen LogP contribution in [0.15, 0.2) is 18.3 Å². The van der Waals surface area contributed by atoms with E-state index in [-0.39, 0.29) is 0 Å². The van der Waals surface area contributed by atoms with E-state index in [0.29, 0.717) is 0 Å². The first kappa shape index (κ1) is 11.2. The summed E-state index contributed by atoms with van der Waals surface area (Å²) in [5.74, 6) is 0. The molecule has 0 saturated carbocycles. The van der Waals surface area contributed by atoms with E-state index >= 15 is 0 Å². The van der Waals surface area contributed by atoms with E-state index in [1.165, 1.54) is 23.1 Å². The highest BCUT2D eigenvalue weighted by Crippen LogP contribution is 2.22. The summed E-state index contributed by atoms with van der Waals surface area (Å²) in [6.07, 6.45) is 5.42. The predicted octanol–water partition coefficient (Wildman–Crippen LogP) is 3.71. The van der Waals surface area contributed by atoms with E-state index in [9.17, 15) is 0 Å². The molecule has 16 heavy (non-hydrogen) atoms. The van der Waals surface area contributed by atoms with Crippen LogP contribution >= 0.6 is 0 Å². The van der Waals surface area contributed by atoms with E-state index in [2.05, 4.69) is 42.5 Å². The van der Waals surface area contributed by atoms with E-state index in [1.54, 1.807) is 0 Å². The molecule has 2 aromatic heterocycles. The number of pyridine rings is 1. The van der Waals surface area contributed by atoms with Gasteiger partial charge in [0.1, 0.15) is 5.65 Å². The van der Waals surface area contributed by atoms with Crippen molar-refractivity contribution in [1.82, 2.24) is 9.55 Å². The van der Waals surface area contributed by atoms with Gasteiger partial charge >= 0.3 is 0 Å². The number of rotatable bonds is 4. The third kappa shape index (κ3) is 1.84. The molecule has 0 aliphatic carbocycles. The first-order chi connectivity index (χ1) is 7.77. The summed E-state index contributed by atoms with van der Waals surface area (Å²) in [6.45, 7) is 7.69. The van der Waals surface area contributed by atoms with Crippen molar-refractivity contribution in [2.24, 2.45) is 0 Å². The maximum Gasteiger partial charge on any atom is 0.140 e.